The van der Waals surface area contributed by atoms with Crippen molar-refractivity contribution in [1.29, 1.82) is 0 Å². The van der Waals surface area contributed by atoms with E-state index in [9.17, 15) is 9.90 Å². The number of carbonyl (C=O) groups excluding carboxylic acids is 1. The summed E-state index contributed by atoms with van der Waals surface area (Å²) in [7, 11) is 1.71. The molecule has 1 aromatic carbocycles. The average Bonchev–Trinajstić information content (AvgIpc) is 2.65. The molecule has 0 aliphatic rings. The van der Waals surface area contributed by atoms with Crippen LogP contribution in [0.4, 0.5) is 11.5 Å². The number of hydrogen-bond donors (Lipinski definition) is 3. The summed E-state index contributed by atoms with van der Waals surface area (Å²) < 4.78 is 0. The van der Waals surface area contributed by atoms with Gasteiger partial charge in [0, 0.05) is 35.7 Å². The zero-order valence-corrected chi connectivity index (χ0v) is 15.9. The number of aliphatic hydroxyl groups excluding tert-OH is 2. The number of halogens is 1. The predicted octanol–water partition coefficient (Wildman–Crippen LogP) is 2.79. The second-order valence-corrected chi connectivity index (χ2v) is 6.74. The Morgan fingerprint density at radius 3 is 2.62 bits per heavy atom. The number of pyridine rings is 1. The van der Waals surface area contributed by atoms with Crippen LogP contribution in [0.2, 0.25) is 5.02 Å². The minimum Gasteiger partial charge on any atom is -0.394 e. The molecule has 0 radical (unpaired) electrons. The summed E-state index contributed by atoms with van der Waals surface area (Å²) in [6.07, 6.45) is 0.720. The zero-order chi connectivity index (χ0) is 19.3. The molecule has 1 aromatic heterocycles. The second-order valence-electron chi connectivity index (χ2n) is 6.34. The van der Waals surface area contributed by atoms with Gasteiger partial charge < -0.3 is 20.4 Å². The molecule has 0 saturated carbocycles. The molecule has 2 rings (SSSR count). The van der Waals surface area contributed by atoms with Gasteiger partial charge in [-0.25, -0.2) is 4.98 Å². The molecule has 26 heavy (non-hydrogen) atoms. The van der Waals surface area contributed by atoms with E-state index >= 15 is 0 Å². The molecule has 1 amide bonds. The highest BCUT2D eigenvalue weighted by Gasteiger charge is 2.20. The van der Waals surface area contributed by atoms with Gasteiger partial charge >= 0.3 is 0 Å². The lowest BCUT2D eigenvalue weighted by molar-refractivity contribution is -0.121. The van der Waals surface area contributed by atoms with Crippen molar-refractivity contribution in [2.45, 2.75) is 20.0 Å². The molecule has 2 aromatic rings. The fraction of sp³-hybridized carbons (Fsp3) is 0.368. The second kappa shape index (κ2) is 8.98. The van der Waals surface area contributed by atoms with E-state index in [0.29, 0.717) is 16.5 Å². The number of hydrogen-bond acceptors (Lipinski definition) is 5. The Morgan fingerprint density at radius 2 is 2.00 bits per heavy atom. The normalized spacial score (nSPS) is 12.1. The first-order valence-electron chi connectivity index (χ1n) is 8.40. The molecule has 0 spiro atoms. The summed E-state index contributed by atoms with van der Waals surface area (Å²) in [5, 5.41) is 22.0. The van der Waals surface area contributed by atoms with E-state index < -0.39 is 6.10 Å². The lowest BCUT2D eigenvalue weighted by Gasteiger charge is -2.23. The van der Waals surface area contributed by atoms with E-state index in [4.69, 9.17) is 16.7 Å². The number of nitrogens with zero attached hydrogens (tertiary/aromatic N) is 2. The van der Waals surface area contributed by atoms with E-state index in [1.807, 2.05) is 32.0 Å². The van der Waals surface area contributed by atoms with Gasteiger partial charge in [0.2, 0.25) is 5.91 Å². The van der Waals surface area contributed by atoms with Crippen LogP contribution < -0.4 is 10.2 Å². The van der Waals surface area contributed by atoms with E-state index in [1.165, 1.54) is 0 Å². The van der Waals surface area contributed by atoms with Crippen LogP contribution >= 0.6 is 11.6 Å². The minimum atomic E-state index is -0.884. The van der Waals surface area contributed by atoms with Gasteiger partial charge in [0.15, 0.2) is 0 Å². The van der Waals surface area contributed by atoms with Crippen LogP contribution in [0.3, 0.4) is 0 Å². The van der Waals surface area contributed by atoms with Crippen LogP contribution in [0.25, 0.3) is 11.1 Å². The molecule has 1 heterocycles. The van der Waals surface area contributed by atoms with Crippen molar-refractivity contribution in [1.82, 2.24) is 4.98 Å². The number of aromatic nitrogens is 1. The van der Waals surface area contributed by atoms with Gasteiger partial charge in [0.25, 0.3) is 0 Å². The first-order valence-corrected chi connectivity index (χ1v) is 8.78. The van der Waals surface area contributed by atoms with Gasteiger partial charge in [-0.15, -0.1) is 0 Å². The highest BCUT2D eigenvalue weighted by Crippen LogP contribution is 2.36. The van der Waals surface area contributed by atoms with Crippen LogP contribution in [0.5, 0.6) is 0 Å². The Hall–Kier alpha value is -2.15. The number of carbonyl (C=O) groups is 1. The van der Waals surface area contributed by atoms with Crippen molar-refractivity contribution >= 4 is 29.0 Å². The van der Waals surface area contributed by atoms with Crippen LogP contribution in [-0.2, 0) is 4.79 Å². The van der Waals surface area contributed by atoms with Gasteiger partial charge in [-0.1, -0.05) is 43.6 Å². The Morgan fingerprint density at radius 1 is 1.31 bits per heavy atom. The van der Waals surface area contributed by atoms with E-state index in [2.05, 4.69) is 10.3 Å². The predicted molar refractivity (Wildman–Crippen MR) is 105 cm³/mol. The Bertz CT molecular complexity index is 767. The van der Waals surface area contributed by atoms with Crippen molar-refractivity contribution in [3.05, 3.63) is 41.6 Å². The monoisotopic (exact) mass is 377 g/mol. The molecule has 7 heteroatoms. The first kappa shape index (κ1) is 20.2. The number of rotatable bonds is 7. The first-order chi connectivity index (χ1) is 12.3. The van der Waals surface area contributed by atoms with Crippen LogP contribution in [0, 0.1) is 5.92 Å². The van der Waals surface area contributed by atoms with Crippen LogP contribution in [0.15, 0.2) is 36.5 Å². The van der Waals surface area contributed by atoms with Gasteiger partial charge in [0.1, 0.15) is 5.82 Å². The van der Waals surface area contributed by atoms with Gasteiger partial charge in [-0.3, -0.25) is 4.79 Å². The van der Waals surface area contributed by atoms with Crippen LogP contribution in [-0.4, -0.2) is 47.4 Å². The molecule has 3 N–H and O–H groups in total. The molecule has 0 bridgehead atoms. The molecule has 0 fully saturated rings. The third-order valence-electron chi connectivity index (χ3n) is 3.96. The zero-order valence-electron chi connectivity index (χ0n) is 15.1. The molecular formula is C19H24ClN3O3. The number of benzene rings is 1. The molecule has 0 aliphatic carbocycles. The van der Waals surface area contributed by atoms with Crippen molar-refractivity contribution in [3.63, 3.8) is 0 Å². The third kappa shape index (κ3) is 4.72. The Labute approximate surface area is 158 Å². The SMILES string of the molecule is CC(C)C(=O)N(C)c1cnc(NCC(O)CO)cc1-c1ccccc1Cl. The lowest BCUT2D eigenvalue weighted by atomic mass is 10.0. The van der Waals surface area contributed by atoms with E-state index in [1.54, 1.807) is 30.3 Å². The molecule has 6 nitrogen and oxygen atoms in total. The molecule has 0 aliphatic heterocycles. The largest absolute Gasteiger partial charge is 0.394 e. The Kier molecular flexibility index (Phi) is 6.97. The number of aliphatic hydroxyl groups is 2. The Balaban J connectivity index is 2.47. The minimum absolute atomic E-state index is 0.0310. The number of anilines is 2. The fourth-order valence-electron chi connectivity index (χ4n) is 2.50. The van der Waals surface area contributed by atoms with Crippen molar-refractivity contribution in [2.24, 2.45) is 5.92 Å². The average molecular weight is 378 g/mol. The maximum atomic E-state index is 12.4. The quantitative estimate of drug-likeness (QED) is 0.690. The van der Waals surface area contributed by atoms with Crippen LogP contribution in [0.1, 0.15) is 13.8 Å². The maximum Gasteiger partial charge on any atom is 0.229 e. The summed E-state index contributed by atoms with van der Waals surface area (Å²) in [6.45, 7) is 3.50. The third-order valence-corrected chi connectivity index (χ3v) is 4.29. The van der Waals surface area contributed by atoms with Gasteiger partial charge in [0.05, 0.1) is 24.6 Å². The molecular weight excluding hydrogens is 354 g/mol. The van der Waals surface area contributed by atoms with E-state index in [-0.39, 0.29) is 25.0 Å². The summed E-state index contributed by atoms with van der Waals surface area (Å²) in [6, 6.07) is 9.16. The van der Waals surface area contributed by atoms with Gasteiger partial charge in [-0.05, 0) is 12.1 Å². The highest BCUT2D eigenvalue weighted by molar-refractivity contribution is 6.33. The fourth-order valence-corrected chi connectivity index (χ4v) is 2.74. The summed E-state index contributed by atoms with van der Waals surface area (Å²) in [5.74, 6) is 0.328. The molecule has 1 unspecified atom stereocenters. The molecule has 1 atom stereocenters. The van der Waals surface area contributed by atoms with E-state index in [0.717, 1.165) is 11.1 Å². The molecule has 140 valence electrons. The summed E-state index contributed by atoms with van der Waals surface area (Å²) >= 11 is 6.36. The summed E-state index contributed by atoms with van der Waals surface area (Å²) in [4.78, 5) is 18.3. The lowest BCUT2D eigenvalue weighted by Crippen LogP contribution is -2.31. The van der Waals surface area contributed by atoms with Gasteiger partial charge in [-0.2, -0.15) is 0 Å². The summed E-state index contributed by atoms with van der Waals surface area (Å²) in [5.41, 5.74) is 2.17. The van der Waals surface area contributed by atoms with Crippen molar-refractivity contribution in [3.8, 4) is 11.1 Å². The number of nitrogens with one attached hydrogen (secondary N) is 1. The van der Waals surface area contributed by atoms with Crippen molar-refractivity contribution in [2.75, 3.05) is 30.4 Å². The maximum absolute atomic E-state index is 12.4. The number of amides is 1. The molecule has 0 saturated heterocycles. The standard InChI is InChI=1S/C19H24ClN3O3/c1-12(2)19(26)23(3)17-10-22-18(21-9-13(25)11-24)8-15(17)14-6-4-5-7-16(14)20/h4-8,10,12-13,24-25H,9,11H2,1-3H3,(H,21,22). The topological polar surface area (TPSA) is 85.7 Å². The highest BCUT2D eigenvalue weighted by atomic mass is 35.5. The van der Waals surface area contributed by atoms with Crippen molar-refractivity contribution < 1.29 is 15.0 Å². The smallest absolute Gasteiger partial charge is 0.229 e.